The van der Waals surface area contributed by atoms with Crippen LogP contribution in [0, 0.1) is 0 Å². The molecule has 0 radical (unpaired) electrons. The molecule has 1 aliphatic carbocycles. The number of amides is 1. The first-order valence-corrected chi connectivity index (χ1v) is 6.75. The van der Waals surface area contributed by atoms with Gasteiger partial charge in [0.05, 0.1) is 11.7 Å². The molecule has 5 heteroatoms. The van der Waals surface area contributed by atoms with Crippen LogP contribution in [-0.2, 0) is 17.7 Å². The minimum absolute atomic E-state index is 0.406. The Bertz CT molecular complexity index is 701. The van der Waals surface area contributed by atoms with E-state index in [1.165, 1.54) is 12.7 Å². The lowest BCUT2D eigenvalue weighted by Gasteiger charge is -2.13. The van der Waals surface area contributed by atoms with Gasteiger partial charge in [0.2, 0.25) is 0 Å². The van der Waals surface area contributed by atoms with Gasteiger partial charge in [-0.3, -0.25) is 4.57 Å². The normalized spacial score (nSPS) is 14.7. The molecule has 1 aromatic carbocycles. The fraction of sp³-hybridized carbons (Fsp3) is 0.333. The number of benzene rings is 1. The third-order valence-electron chi connectivity index (χ3n) is 3.82. The first-order valence-electron chi connectivity index (χ1n) is 6.75. The molecule has 3 rings (SSSR count). The summed E-state index contributed by atoms with van der Waals surface area (Å²) in [5.41, 5.74) is 9.70. The Morgan fingerprint density at radius 3 is 2.95 bits per heavy atom. The number of carbonyl (C=O) groups is 1. The van der Waals surface area contributed by atoms with Crippen LogP contribution in [0.3, 0.4) is 0 Å². The number of hydrogen-bond acceptors (Lipinski definition) is 3. The zero-order valence-electron chi connectivity index (χ0n) is 11.4. The molecule has 104 valence electrons. The fourth-order valence-electron chi connectivity index (χ4n) is 3.01. The van der Waals surface area contributed by atoms with Crippen LogP contribution in [0.15, 0.2) is 23.4 Å². The van der Waals surface area contributed by atoms with Crippen molar-refractivity contribution in [2.45, 2.75) is 25.7 Å². The van der Waals surface area contributed by atoms with Crippen LogP contribution in [0.4, 0.5) is 4.79 Å². The molecule has 2 aromatic rings. The molecule has 1 aliphatic rings. The summed E-state index contributed by atoms with van der Waals surface area (Å²) in [6, 6.07) is 5.48. The van der Waals surface area contributed by atoms with Gasteiger partial charge in [0.1, 0.15) is 7.11 Å². The summed E-state index contributed by atoms with van der Waals surface area (Å²) in [7, 11) is 1.51. The fourth-order valence-corrected chi connectivity index (χ4v) is 3.01. The zero-order chi connectivity index (χ0) is 14.1. The van der Waals surface area contributed by atoms with Crippen molar-refractivity contribution in [2.75, 3.05) is 7.11 Å². The molecule has 0 atom stereocenters. The quantitative estimate of drug-likeness (QED) is 0.673. The topological polar surface area (TPSA) is 69.6 Å². The number of primary amides is 1. The van der Waals surface area contributed by atoms with Gasteiger partial charge in [-0.2, -0.15) is 0 Å². The SMILES string of the molecule is CON=Cc1ccc2c(c1)c1c(n2C(N)=O)CCCC1. The molecule has 5 nitrogen and oxygen atoms in total. The Morgan fingerprint density at radius 2 is 2.20 bits per heavy atom. The van der Waals surface area contributed by atoms with E-state index in [2.05, 4.69) is 5.16 Å². The van der Waals surface area contributed by atoms with Crippen LogP contribution >= 0.6 is 0 Å². The van der Waals surface area contributed by atoms with Gasteiger partial charge < -0.3 is 10.6 Å². The average Bonchev–Trinajstić information content (AvgIpc) is 2.79. The highest BCUT2D eigenvalue weighted by atomic mass is 16.6. The predicted molar refractivity (Wildman–Crippen MR) is 78.2 cm³/mol. The van der Waals surface area contributed by atoms with Crippen molar-refractivity contribution in [3.05, 3.63) is 35.0 Å². The molecular weight excluding hydrogens is 254 g/mol. The molecule has 0 fully saturated rings. The second-order valence-corrected chi connectivity index (χ2v) is 5.00. The van der Waals surface area contributed by atoms with Crippen molar-refractivity contribution in [2.24, 2.45) is 10.9 Å². The number of aryl methyl sites for hydroxylation is 1. The van der Waals surface area contributed by atoms with Crippen molar-refractivity contribution < 1.29 is 9.63 Å². The minimum Gasteiger partial charge on any atom is -0.399 e. The average molecular weight is 271 g/mol. The van der Waals surface area contributed by atoms with Gasteiger partial charge in [-0.1, -0.05) is 11.2 Å². The number of fused-ring (bicyclic) bond motifs is 3. The van der Waals surface area contributed by atoms with Gasteiger partial charge in [0.25, 0.3) is 0 Å². The standard InChI is InChI=1S/C15H17N3O2/c1-20-17-9-10-6-7-14-12(8-10)11-4-2-3-5-13(11)18(14)15(16)19/h6-9H,2-5H2,1H3,(H2,16,19). The highest BCUT2D eigenvalue weighted by molar-refractivity contribution is 5.97. The van der Waals surface area contributed by atoms with Gasteiger partial charge in [-0.25, -0.2) is 4.79 Å². The first-order chi connectivity index (χ1) is 9.72. The van der Waals surface area contributed by atoms with Crippen LogP contribution in [0.1, 0.15) is 29.7 Å². The molecule has 0 bridgehead atoms. The lowest BCUT2D eigenvalue weighted by Crippen LogP contribution is -2.22. The van der Waals surface area contributed by atoms with E-state index in [-0.39, 0.29) is 0 Å². The lowest BCUT2D eigenvalue weighted by atomic mass is 9.95. The molecule has 0 saturated heterocycles. The molecule has 1 aromatic heterocycles. The summed E-state index contributed by atoms with van der Waals surface area (Å²) < 4.78 is 1.65. The number of nitrogens with zero attached hydrogens (tertiary/aromatic N) is 2. The van der Waals surface area contributed by atoms with Crippen molar-refractivity contribution in [1.82, 2.24) is 4.57 Å². The number of rotatable bonds is 2. The summed E-state index contributed by atoms with van der Waals surface area (Å²) in [5.74, 6) is 0. The third-order valence-corrected chi connectivity index (χ3v) is 3.82. The van der Waals surface area contributed by atoms with E-state index in [0.717, 1.165) is 47.8 Å². The van der Waals surface area contributed by atoms with Crippen LogP contribution in [0.25, 0.3) is 10.9 Å². The van der Waals surface area contributed by atoms with E-state index in [9.17, 15) is 4.79 Å². The lowest BCUT2D eigenvalue weighted by molar-refractivity contribution is 0.215. The van der Waals surface area contributed by atoms with E-state index in [1.54, 1.807) is 10.8 Å². The van der Waals surface area contributed by atoms with Crippen molar-refractivity contribution >= 4 is 23.1 Å². The smallest absolute Gasteiger partial charge is 0.323 e. The summed E-state index contributed by atoms with van der Waals surface area (Å²) in [5, 5.41) is 4.88. The molecular formula is C15H17N3O2. The molecule has 20 heavy (non-hydrogen) atoms. The second-order valence-electron chi connectivity index (χ2n) is 5.00. The Hall–Kier alpha value is -2.30. The zero-order valence-corrected chi connectivity index (χ0v) is 11.4. The van der Waals surface area contributed by atoms with Crippen LogP contribution in [-0.4, -0.2) is 23.9 Å². The van der Waals surface area contributed by atoms with Gasteiger partial charge in [-0.15, -0.1) is 0 Å². The summed E-state index contributed by atoms with van der Waals surface area (Å²) >= 11 is 0. The van der Waals surface area contributed by atoms with Crippen molar-refractivity contribution in [3.8, 4) is 0 Å². The Labute approximate surface area is 117 Å². The van der Waals surface area contributed by atoms with Crippen LogP contribution < -0.4 is 5.73 Å². The Morgan fingerprint density at radius 1 is 1.40 bits per heavy atom. The van der Waals surface area contributed by atoms with Crippen LogP contribution in [0.5, 0.6) is 0 Å². The molecule has 1 heterocycles. The molecule has 1 amide bonds. The molecule has 0 saturated carbocycles. The van der Waals surface area contributed by atoms with E-state index in [0.29, 0.717) is 0 Å². The molecule has 0 unspecified atom stereocenters. The molecule has 2 N–H and O–H groups in total. The highest BCUT2D eigenvalue weighted by Crippen LogP contribution is 2.32. The molecule has 0 aliphatic heterocycles. The van der Waals surface area contributed by atoms with Gasteiger partial charge in [0, 0.05) is 11.1 Å². The van der Waals surface area contributed by atoms with Crippen molar-refractivity contribution in [3.63, 3.8) is 0 Å². The Balaban J connectivity index is 2.24. The highest BCUT2D eigenvalue weighted by Gasteiger charge is 2.22. The predicted octanol–water partition coefficient (Wildman–Crippen LogP) is 2.43. The maximum absolute atomic E-state index is 11.7. The number of aromatic nitrogens is 1. The van der Waals surface area contributed by atoms with Gasteiger partial charge in [-0.05, 0) is 48.9 Å². The maximum atomic E-state index is 11.7. The number of oxime groups is 1. The minimum atomic E-state index is -0.406. The summed E-state index contributed by atoms with van der Waals surface area (Å²) in [6.45, 7) is 0. The monoisotopic (exact) mass is 271 g/mol. The number of carbonyl (C=O) groups excluding carboxylic acids is 1. The van der Waals surface area contributed by atoms with Gasteiger partial charge >= 0.3 is 6.03 Å². The largest absolute Gasteiger partial charge is 0.399 e. The van der Waals surface area contributed by atoms with E-state index < -0.39 is 6.03 Å². The number of nitrogens with two attached hydrogens (primary N) is 1. The summed E-state index contributed by atoms with van der Waals surface area (Å²) in [6.07, 6.45) is 5.83. The van der Waals surface area contributed by atoms with Gasteiger partial charge in [0.15, 0.2) is 0 Å². The Kier molecular flexibility index (Phi) is 3.18. The second kappa shape index (κ2) is 5.00. The number of hydrogen-bond donors (Lipinski definition) is 1. The molecule has 0 spiro atoms. The summed E-state index contributed by atoms with van der Waals surface area (Å²) in [4.78, 5) is 16.4. The van der Waals surface area contributed by atoms with E-state index >= 15 is 0 Å². The van der Waals surface area contributed by atoms with E-state index in [1.807, 2.05) is 18.2 Å². The van der Waals surface area contributed by atoms with Crippen LogP contribution in [0.2, 0.25) is 0 Å². The van der Waals surface area contributed by atoms with E-state index in [4.69, 9.17) is 10.6 Å². The van der Waals surface area contributed by atoms with Crippen molar-refractivity contribution in [1.29, 1.82) is 0 Å². The first kappa shape index (κ1) is 12.7. The third kappa shape index (κ3) is 1.95. The maximum Gasteiger partial charge on any atom is 0.323 e.